The van der Waals surface area contributed by atoms with Gasteiger partial charge >= 0.3 is 0 Å². The quantitative estimate of drug-likeness (QED) is 0.133. The Morgan fingerprint density at radius 3 is 2.13 bits per heavy atom. The molecule has 1 heterocycles. The lowest BCUT2D eigenvalue weighted by atomic mass is 9.90. The zero-order valence-corrected chi connectivity index (χ0v) is 22.8. The summed E-state index contributed by atoms with van der Waals surface area (Å²) in [4.78, 5) is 42.5. The summed E-state index contributed by atoms with van der Waals surface area (Å²) in [5.74, 6) is -0.257. The number of para-hydroxylation sites is 1. The molecule has 0 aromatic heterocycles. The number of sulfonamides is 1. The van der Waals surface area contributed by atoms with Crippen LogP contribution in [-0.4, -0.2) is 54.2 Å². The van der Waals surface area contributed by atoms with Crippen LogP contribution in [0.2, 0.25) is 0 Å². The number of carbonyl (C=O) groups is 2. The van der Waals surface area contributed by atoms with Crippen molar-refractivity contribution in [2.24, 2.45) is 5.92 Å². The van der Waals surface area contributed by atoms with Gasteiger partial charge in [0.15, 0.2) is 4.90 Å². The van der Waals surface area contributed by atoms with Crippen LogP contribution in [0.15, 0.2) is 53.4 Å². The van der Waals surface area contributed by atoms with Crippen molar-refractivity contribution in [1.29, 1.82) is 0 Å². The van der Waals surface area contributed by atoms with Gasteiger partial charge in [-0.05, 0) is 49.8 Å². The van der Waals surface area contributed by atoms with Crippen molar-refractivity contribution < 1.29 is 27.8 Å². The first kappa shape index (κ1) is 28.8. The molecule has 2 amide bonds. The van der Waals surface area contributed by atoms with E-state index in [1.165, 1.54) is 35.6 Å². The van der Waals surface area contributed by atoms with Crippen LogP contribution in [0.4, 0.5) is 5.69 Å². The number of amides is 2. The van der Waals surface area contributed by atoms with Crippen molar-refractivity contribution in [2.45, 2.75) is 69.1 Å². The normalized spacial score (nSPS) is 16.2. The van der Waals surface area contributed by atoms with Gasteiger partial charge in [-0.25, -0.2) is 8.42 Å². The molecule has 1 aliphatic heterocycles. The number of carbonyl (C=O) groups excluding carboxylic acids is 2. The fourth-order valence-corrected chi connectivity index (χ4v) is 6.66. The molecule has 0 N–H and O–H groups in total. The Balaban J connectivity index is 1.29. The first-order chi connectivity index (χ1) is 18.8. The Kier molecular flexibility index (Phi) is 9.82. The molecule has 0 spiro atoms. The lowest BCUT2D eigenvalue weighted by Gasteiger charge is -2.26. The van der Waals surface area contributed by atoms with Crippen LogP contribution in [0.5, 0.6) is 0 Å². The van der Waals surface area contributed by atoms with Crippen molar-refractivity contribution in [3.05, 3.63) is 69.8 Å². The second-order valence-corrected chi connectivity index (χ2v) is 11.9. The highest BCUT2D eigenvalue weighted by atomic mass is 32.2. The third kappa shape index (κ3) is 6.90. The van der Waals surface area contributed by atoms with E-state index < -0.39 is 20.6 Å². The number of unbranched alkanes of at least 4 members (excludes halogenated alkanes) is 4. The van der Waals surface area contributed by atoms with Crippen LogP contribution in [0.25, 0.3) is 0 Å². The van der Waals surface area contributed by atoms with E-state index in [2.05, 4.69) is 0 Å². The molecule has 0 radical (unpaired) electrons. The van der Waals surface area contributed by atoms with Crippen molar-refractivity contribution in [3.63, 3.8) is 0 Å². The molecule has 39 heavy (non-hydrogen) atoms. The zero-order chi connectivity index (χ0) is 27.8. The molecule has 11 heteroatoms. The van der Waals surface area contributed by atoms with Crippen LogP contribution in [0.3, 0.4) is 0 Å². The highest BCUT2D eigenvalue weighted by molar-refractivity contribution is 7.89. The Morgan fingerprint density at radius 2 is 1.46 bits per heavy atom. The van der Waals surface area contributed by atoms with E-state index >= 15 is 0 Å². The number of hydroxylamine groups is 1. The monoisotopic (exact) mass is 557 g/mol. The summed E-state index contributed by atoms with van der Waals surface area (Å²) < 4.78 is 27.8. The van der Waals surface area contributed by atoms with Crippen molar-refractivity contribution in [3.8, 4) is 0 Å². The molecule has 0 saturated heterocycles. The molecule has 1 fully saturated rings. The lowest BCUT2D eigenvalue weighted by molar-refractivity contribution is -0.387. The van der Waals surface area contributed by atoms with Crippen molar-refractivity contribution in [1.82, 2.24) is 9.37 Å². The van der Waals surface area contributed by atoms with Gasteiger partial charge in [-0.3, -0.25) is 29.4 Å². The average Bonchev–Trinajstić information content (AvgIpc) is 3.19. The zero-order valence-electron chi connectivity index (χ0n) is 22.0. The summed E-state index contributed by atoms with van der Waals surface area (Å²) >= 11 is 0. The molecule has 0 bridgehead atoms. The highest BCUT2D eigenvalue weighted by Crippen LogP contribution is 2.29. The second kappa shape index (κ2) is 13.3. The molecule has 210 valence electrons. The molecule has 2 aromatic carbocycles. The van der Waals surface area contributed by atoms with Crippen molar-refractivity contribution >= 4 is 27.5 Å². The van der Waals surface area contributed by atoms with E-state index in [9.17, 15) is 28.1 Å². The highest BCUT2D eigenvalue weighted by Gasteiger charge is 2.35. The van der Waals surface area contributed by atoms with E-state index in [-0.39, 0.29) is 35.8 Å². The number of nitro groups is 1. The molecule has 0 unspecified atom stereocenters. The number of hydrogen-bond donors (Lipinski definition) is 0. The first-order valence-corrected chi connectivity index (χ1v) is 15.1. The van der Waals surface area contributed by atoms with Crippen LogP contribution in [-0.2, 0) is 14.9 Å². The SMILES string of the molecule is O=C1c2ccccc2C(=O)N1CCCCCCCN(OCC1CCCCC1)S(=O)(=O)c1ccccc1[N+](=O)[O-]. The van der Waals surface area contributed by atoms with Crippen LogP contribution < -0.4 is 0 Å². The summed E-state index contributed by atoms with van der Waals surface area (Å²) in [6.45, 7) is 0.689. The fraction of sp³-hybridized carbons (Fsp3) is 0.500. The molecule has 10 nitrogen and oxygen atoms in total. The number of hydrogen-bond acceptors (Lipinski definition) is 7. The Labute approximate surface area is 229 Å². The van der Waals surface area contributed by atoms with E-state index in [0.717, 1.165) is 43.0 Å². The topological polar surface area (TPSA) is 127 Å². The van der Waals surface area contributed by atoms with E-state index in [1.807, 2.05) is 0 Å². The van der Waals surface area contributed by atoms with Crippen LogP contribution >= 0.6 is 0 Å². The maximum Gasteiger partial charge on any atom is 0.289 e. The number of nitro benzene ring substituents is 1. The maximum atomic E-state index is 13.4. The lowest BCUT2D eigenvalue weighted by Crippen LogP contribution is -2.34. The Morgan fingerprint density at radius 1 is 0.872 bits per heavy atom. The number of nitrogens with zero attached hydrogens (tertiary/aromatic N) is 3. The van der Waals surface area contributed by atoms with Gasteiger partial charge < -0.3 is 0 Å². The predicted octanol–water partition coefficient (Wildman–Crippen LogP) is 5.34. The third-order valence-electron chi connectivity index (χ3n) is 7.39. The predicted molar refractivity (Wildman–Crippen MR) is 144 cm³/mol. The minimum absolute atomic E-state index is 0.0828. The minimum Gasteiger partial charge on any atom is -0.284 e. The van der Waals surface area contributed by atoms with E-state index in [0.29, 0.717) is 36.9 Å². The van der Waals surface area contributed by atoms with Gasteiger partial charge in [-0.15, -0.1) is 0 Å². The van der Waals surface area contributed by atoms with Gasteiger partial charge in [0.1, 0.15) is 0 Å². The van der Waals surface area contributed by atoms with Crippen molar-refractivity contribution in [2.75, 3.05) is 19.7 Å². The van der Waals surface area contributed by atoms with Gasteiger partial charge in [-0.1, -0.05) is 67.3 Å². The standard InChI is InChI=1S/C28H35N3O7S/c32-27-23-15-7-8-16-24(23)28(33)29(27)19-11-2-1-3-12-20-30(38-21-22-13-5-4-6-14-22)39(36,37)26-18-10-9-17-25(26)31(34)35/h7-10,15-18,22H,1-6,11-14,19-21H2. The molecule has 0 atom stereocenters. The van der Waals surface area contributed by atoms with Gasteiger partial charge in [0.05, 0.1) is 22.7 Å². The number of benzene rings is 2. The van der Waals surface area contributed by atoms with Gasteiger partial charge in [0, 0.05) is 19.2 Å². The Bertz CT molecular complexity index is 1260. The molecule has 1 aliphatic carbocycles. The summed E-state index contributed by atoms with van der Waals surface area (Å²) in [5, 5.41) is 11.5. The van der Waals surface area contributed by atoms with Crippen LogP contribution in [0, 0.1) is 16.0 Å². The molecular formula is C28H35N3O7S. The molecule has 1 saturated carbocycles. The first-order valence-electron chi connectivity index (χ1n) is 13.6. The summed E-state index contributed by atoms with van der Waals surface area (Å²) in [6.07, 6.45) is 8.73. The number of rotatable bonds is 14. The molecule has 2 aromatic rings. The summed E-state index contributed by atoms with van der Waals surface area (Å²) in [7, 11) is -4.24. The summed E-state index contributed by atoms with van der Waals surface area (Å²) in [5.41, 5.74) is 0.406. The molecule has 4 rings (SSSR count). The van der Waals surface area contributed by atoms with Crippen LogP contribution in [0.1, 0.15) is 84.9 Å². The number of imide groups is 1. The van der Waals surface area contributed by atoms with Gasteiger partial charge in [0.25, 0.3) is 27.5 Å². The molecular weight excluding hydrogens is 522 g/mol. The fourth-order valence-electron chi connectivity index (χ4n) is 5.22. The average molecular weight is 558 g/mol. The van der Waals surface area contributed by atoms with E-state index in [1.54, 1.807) is 24.3 Å². The largest absolute Gasteiger partial charge is 0.289 e. The third-order valence-corrected chi connectivity index (χ3v) is 9.11. The molecule has 2 aliphatic rings. The number of fused-ring (bicyclic) bond motifs is 1. The maximum absolute atomic E-state index is 13.4. The second-order valence-electron chi connectivity index (χ2n) is 10.1. The minimum atomic E-state index is -4.24. The van der Waals surface area contributed by atoms with E-state index in [4.69, 9.17) is 4.84 Å². The smallest absolute Gasteiger partial charge is 0.284 e. The van der Waals surface area contributed by atoms with Gasteiger partial charge in [-0.2, -0.15) is 0 Å². The Hall–Kier alpha value is -3.15. The summed E-state index contributed by atoms with van der Waals surface area (Å²) in [6, 6.07) is 12.1. The van der Waals surface area contributed by atoms with Gasteiger partial charge in [0.2, 0.25) is 0 Å².